The highest BCUT2D eigenvalue weighted by atomic mass is 16.7. The van der Waals surface area contributed by atoms with Gasteiger partial charge in [-0.05, 0) is 0 Å². The molecule has 2 aliphatic rings. The van der Waals surface area contributed by atoms with Gasteiger partial charge in [-0.2, -0.15) is 0 Å². The Labute approximate surface area is 187 Å². The quantitative estimate of drug-likeness (QED) is 0.197. The maximum atomic E-state index is 10.5. The molecule has 0 aromatic carbocycles. The van der Waals surface area contributed by atoms with Gasteiger partial charge >= 0.3 is 0 Å². The number of hydrogen-bond donors (Lipinski definition) is 5. The number of rotatable bonds is 13. The van der Waals surface area contributed by atoms with Crippen LogP contribution in [0.25, 0.3) is 0 Å². The number of aliphatic hydroxyl groups excluding tert-OH is 5. The lowest BCUT2D eigenvalue weighted by molar-refractivity contribution is -0.333. The minimum atomic E-state index is -1.59. The zero-order chi connectivity index (χ0) is 23.7. The van der Waals surface area contributed by atoms with Gasteiger partial charge in [0, 0.05) is 0 Å². The molecule has 2 fully saturated rings. The van der Waals surface area contributed by atoms with Crippen LogP contribution in [-0.2, 0) is 28.4 Å². The summed E-state index contributed by atoms with van der Waals surface area (Å²) < 4.78 is 33.8. The lowest BCUT2D eigenvalue weighted by atomic mass is 9.97. The van der Waals surface area contributed by atoms with Crippen molar-refractivity contribution >= 4 is 0 Å². The first-order chi connectivity index (χ1) is 15.4. The van der Waals surface area contributed by atoms with Crippen molar-refractivity contribution in [2.45, 2.75) is 61.4 Å². The van der Waals surface area contributed by atoms with Crippen LogP contribution in [-0.4, -0.2) is 120 Å². The summed E-state index contributed by atoms with van der Waals surface area (Å²) in [7, 11) is 0. The van der Waals surface area contributed by atoms with Gasteiger partial charge in [0.2, 0.25) is 0 Å². The van der Waals surface area contributed by atoms with E-state index in [1.54, 1.807) is 0 Å². The van der Waals surface area contributed by atoms with E-state index in [0.29, 0.717) is 0 Å². The fourth-order valence-electron chi connectivity index (χ4n) is 3.53. The van der Waals surface area contributed by atoms with E-state index in [2.05, 4.69) is 19.7 Å². The van der Waals surface area contributed by atoms with Gasteiger partial charge in [-0.25, -0.2) is 0 Å². The molecule has 0 spiro atoms. The van der Waals surface area contributed by atoms with E-state index in [4.69, 9.17) is 28.4 Å². The molecule has 11 nitrogen and oxygen atoms in total. The van der Waals surface area contributed by atoms with Crippen molar-refractivity contribution in [3.8, 4) is 0 Å². The van der Waals surface area contributed by atoms with Gasteiger partial charge in [-0.15, -0.1) is 19.7 Å². The zero-order valence-corrected chi connectivity index (χ0v) is 17.8. The molecular formula is C21H34O11. The standard InChI is InChI=1S/C21H34O11/c1-4-7-27-17-13(11-30-21-16(25)15(24)14(23)12(10-22)32-21)31-20(26)19(29-9-6-3)18(17)28-8-5-2/h4-6,12-26H,1-3,7-11H2/t12-,13-,14-,15+,16-,17-,18+,19-,20+,21+/m1/s1. The first-order valence-corrected chi connectivity index (χ1v) is 10.3. The van der Waals surface area contributed by atoms with Gasteiger partial charge in [0.1, 0.15) is 48.8 Å². The third kappa shape index (κ3) is 6.65. The van der Waals surface area contributed by atoms with Gasteiger partial charge in [-0.1, -0.05) is 18.2 Å². The summed E-state index contributed by atoms with van der Waals surface area (Å²) in [6.07, 6.45) is -7.31. The van der Waals surface area contributed by atoms with Crippen LogP contribution in [0.1, 0.15) is 0 Å². The third-order valence-corrected chi connectivity index (χ3v) is 5.10. The molecule has 0 saturated carbocycles. The maximum absolute atomic E-state index is 10.5. The molecule has 32 heavy (non-hydrogen) atoms. The van der Waals surface area contributed by atoms with E-state index in [1.807, 2.05) is 0 Å². The fourth-order valence-corrected chi connectivity index (χ4v) is 3.53. The Balaban J connectivity index is 2.15. The van der Waals surface area contributed by atoms with Crippen molar-refractivity contribution in [1.29, 1.82) is 0 Å². The summed E-state index contributed by atoms with van der Waals surface area (Å²) in [6.45, 7) is 10.4. The van der Waals surface area contributed by atoms with Crippen molar-refractivity contribution in [3.05, 3.63) is 38.0 Å². The van der Waals surface area contributed by atoms with Crippen LogP contribution >= 0.6 is 0 Å². The average molecular weight is 462 g/mol. The van der Waals surface area contributed by atoms with Crippen molar-refractivity contribution in [1.82, 2.24) is 0 Å². The van der Waals surface area contributed by atoms with E-state index >= 15 is 0 Å². The second-order valence-corrected chi connectivity index (χ2v) is 7.36. The molecule has 2 saturated heterocycles. The maximum Gasteiger partial charge on any atom is 0.186 e. The molecule has 0 unspecified atom stereocenters. The van der Waals surface area contributed by atoms with E-state index in [1.165, 1.54) is 18.2 Å². The summed E-state index contributed by atoms with van der Waals surface area (Å²) >= 11 is 0. The van der Waals surface area contributed by atoms with Crippen LogP contribution in [0.2, 0.25) is 0 Å². The highest BCUT2D eigenvalue weighted by Crippen LogP contribution is 2.29. The molecule has 2 heterocycles. The minimum absolute atomic E-state index is 0.138. The summed E-state index contributed by atoms with van der Waals surface area (Å²) in [6, 6.07) is 0. The first kappa shape index (κ1) is 27.0. The molecule has 0 aromatic rings. The lowest BCUT2D eigenvalue weighted by Gasteiger charge is -2.45. The topological polar surface area (TPSA) is 157 Å². The summed E-state index contributed by atoms with van der Waals surface area (Å²) in [5.41, 5.74) is 0. The Morgan fingerprint density at radius 3 is 1.78 bits per heavy atom. The predicted octanol–water partition coefficient (Wildman–Crippen LogP) is -1.77. The number of ether oxygens (including phenoxy) is 6. The average Bonchev–Trinajstić information content (AvgIpc) is 2.79. The fraction of sp³-hybridized carbons (Fsp3) is 0.714. The molecule has 0 aromatic heterocycles. The normalized spacial score (nSPS) is 40.0. The van der Waals surface area contributed by atoms with E-state index in [9.17, 15) is 25.5 Å². The zero-order valence-electron chi connectivity index (χ0n) is 17.8. The van der Waals surface area contributed by atoms with E-state index in [0.717, 1.165) is 0 Å². The highest BCUT2D eigenvalue weighted by Gasteiger charge is 2.49. The second-order valence-electron chi connectivity index (χ2n) is 7.36. The molecule has 0 bridgehead atoms. The van der Waals surface area contributed by atoms with Crippen LogP contribution in [0.5, 0.6) is 0 Å². The SMILES string of the molecule is C=CCO[C@@H]1[C@@H](OCC=C)[C@@H](O)O[C@H](CO[C@H]2O[C@H](CO)[C@@H](O)[C@H](O)[C@H]2O)[C@H]1OCC=C. The van der Waals surface area contributed by atoms with Crippen LogP contribution in [0, 0.1) is 0 Å². The highest BCUT2D eigenvalue weighted by molar-refractivity contribution is 4.95. The van der Waals surface area contributed by atoms with Crippen molar-refractivity contribution in [3.63, 3.8) is 0 Å². The molecule has 11 heteroatoms. The third-order valence-electron chi connectivity index (χ3n) is 5.10. The number of aliphatic hydroxyl groups is 5. The molecule has 184 valence electrons. The molecule has 5 N–H and O–H groups in total. The molecule has 10 atom stereocenters. The summed E-state index contributed by atoms with van der Waals surface area (Å²) in [4.78, 5) is 0. The smallest absolute Gasteiger partial charge is 0.186 e. The Morgan fingerprint density at radius 1 is 0.656 bits per heavy atom. The first-order valence-electron chi connectivity index (χ1n) is 10.3. The monoisotopic (exact) mass is 462 g/mol. The van der Waals surface area contributed by atoms with E-state index < -0.39 is 68.0 Å². The minimum Gasteiger partial charge on any atom is -0.394 e. The Morgan fingerprint density at radius 2 is 1.22 bits per heavy atom. The molecule has 0 radical (unpaired) electrons. The Kier molecular flexibility index (Phi) is 11.4. The van der Waals surface area contributed by atoms with Gasteiger partial charge in [0.05, 0.1) is 33.0 Å². The van der Waals surface area contributed by atoms with Gasteiger partial charge < -0.3 is 54.0 Å². The predicted molar refractivity (Wildman–Crippen MR) is 110 cm³/mol. The van der Waals surface area contributed by atoms with Crippen molar-refractivity contribution in [2.75, 3.05) is 33.0 Å². The Bertz CT molecular complexity index is 586. The summed E-state index contributed by atoms with van der Waals surface area (Å²) in [5, 5.41) is 49.9. The van der Waals surface area contributed by atoms with E-state index in [-0.39, 0.29) is 26.4 Å². The van der Waals surface area contributed by atoms with Crippen LogP contribution in [0.15, 0.2) is 38.0 Å². The number of hydrogen-bond acceptors (Lipinski definition) is 11. The van der Waals surface area contributed by atoms with Crippen LogP contribution in [0.4, 0.5) is 0 Å². The molecule has 2 aliphatic heterocycles. The van der Waals surface area contributed by atoms with Crippen LogP contribution < -0.4 is 0 Å². The van der Waals surface area contributed by atoms with Crippen LogP contribution in [0.3, 0.4) is 0 Å². The summed E-state index contributed by atoms with van der Waals surface area (Å²) in [5.74, 6) is 0. The molecular weight excluding hydrogens is 428 g/mol. The van der Waals surface area contributed by atoms with Gasteiger partial charge in [0.15, 0.2) is 12.6 Å². The van der Waals surface area contributed by atoms with Crippen molar-refractivity contribution in [2.24, 2.45) is 0 Å². The Hall–Kier alpha value is -1.22. The molecule has 2 rings (SSSR count). The largest absolute Gasteiger partial charge is 0.394 e. The van der Waals surface area contributed by atoms with Gasteiger partial charge in [0.25, 0.3) is 0 Å². The molecule has 0 aliphatic carbocycles. The molecule has 0 amide bonds. The second kappa shape index (κ2) is 13.5. The van der Waals surface area contributed by atoms with Crippen molar-refractivity contribution < 1.29 is 54.0 Å². The van der Waals surface area contributed by atoms with Gasteiger partial charge in [-0.3, -0.25) is 0 Å². The lowest BCUT2D eigenvalue weighted by Crippen LogP contribution is -2.63.